The zero-order valence-electron chi connectivity index (χ0n) is 12.3. The summed E-state index contributed by atoms with van der Waals surface area (Å²) in [4.78, 5) is 25.9. The molecule has 1 saturated carbocycles. The van der Waals surface area contributed by atoms with Crippen molar-refractivity contribution in [3.63, 3.8) is 0 Å². The molecule has 1 amide bonds. The second-order valence-corrected chi connectivity index (χ2v) is 7.08. The fraction of sp³-hybridized carbons (Fsp3) is 0.875. The molecule has 3 fully saturated rings. The van der Waals surface area contributed by atoms with Crippen molar-refractivity contribution in [2.45, 2.75) is 70.4 Å². The average molecular weight is 279 g/mol. The van der Waals surface area contributed by atoms with Gasteiger partial charge in [0.05, 0.1) is 0 Å². The van der Waals surface area contributed by atoms with Gasteiger partial charge >= 0.3 is 5.97 Å². The molecule has 0 aromatic carbocycles. The lowest BCUT2D eigenvalue weighted by molar-refractivity contribution is -0.143. The number of fused-ring (bicyclic) bond motifs is 2. The van der Waals surface area contributed by atoms with Gasteiger partial charge in [-0.3, -0.25) is 9.59 Å². The highest BCUT2D eigenvalue weighted by Gasteiger charge is 2.46. The first-order valence-corrected chi connectivity index (χ1v) is 8.10. The summed E-state index contributed by atoms with van der Waals surface area (Å²) in [5.74, 6) is 0.706. The maximum atomic E-state index is 12.8. The molecule has 1 aliphatic carbocycles. The molecule has 4 nitrogen and oxygen atoms in total. The molecule has 2 bridgehead atoms. The van der Waals surface area contributed by atoms with E-state index in [9.17, 15) is 9.59 Å². The average Bonchev–Trinajstić information content (AvgIpc) is 2.90. The van der Waals surface area contributed by atoms with E-state index < -0.39 is 5.97 Å². The zero-order valence-corrected chi connectivity index (χ0v) is 12.3. The lowest BCUT2D eigenvalue weighted by Gasteiger charge is -2.40. The number of amides is 1. The second kappa shape index (κ2) is 5.38. The van der Waals surface area contributed by atoms with Crippen molar-refractivity contribution in [3.8, 4) is 0 Å². The minimum atomic E-state index is -0.696. The van der Waals surface area contributed by atoms with Crippen molar-refractivity contribution in [1.82, 2.24) is 4.90 Å². The highest BCUT2D eigenvalue weighted by atomic mass is 16.4. The van der Waals surface area contributed by atoms with Gasteiger partial charge in [0.1, 0.15) is 0 Å². The van der Waals surface area contributed by atoms with Gasteiger partial charge in [0.25, 0.3) is 0 Å². The van der Waals surface area contributed by atoms with E-state index in [1.165, 1.54) is 12.8 Å². The topological polar surface area (TPSA) is 57.6 Å². The van der Waals surface area contributed by atoms with Crippen molar-refractivity contribution < 1.29 is 14.7 Å². The third kappa shape index (κ3) is 2.45. The summed E-state index contributed by atoms with van der Waals surface area (Å²) >= 11 is 0. The Morgan fingerprint density at radius 1 is 1.10 bits per heavy atom. The molecule has 3 aliphatic rings. The van der Waals surface area contributed by atoms with E-state index in [-0.39, 0.29) is 18.3 Å². The fourth-order valence-electron chi connectivity index (χ4n) is 4.77. The molecule has 4 atom stereocenters. The van der Waals surface area contributed by atoms with Crippen molar-refractivity contribution in [2.75, 3.05) is 0 Å². The molecule has 4 heteroatoms. The van der Waals surface area contributed by atoms with E-state index in [4.69, 9.17) is 5.11 Å². The highest BCUT2D eigenvalue weighted by molar-refractivity contribution is 5.80. The molecule has 0 radical (unpaired) electrons. The number of carboxylic acids is 1. The van der Waals surface area contributed by atoms with E-state index in [0.29, 0.717) is 23.9 Å². The number of rotatable bonds is 3. The molecule has 0 aromatic rings. The summed E-state index contributed by atoms with van der Waals surface area (Å²) in [5.41, 5.74) is 0. The van der Waals surface area contributed by atoms with Crippen LogP contribution < -0.4 is 0 Å². The Kier molecular flexibility index (Phi) is 3.74. The molecule has 2 aliphatic heterocycles. The minimum absolute atomic E-state index is 0.231. The number of aliphatic carboxylic acids is 1. The van der Waals surface area contributed by atoms with Crippen molar-refractivity contribution in [2.24, 2.45) is 17.8 Å². The first-order valence-electron chi connectivity index (χ1n) is 8.10. The molecule has 20 heavy (non-hydrogen) atoms. The predicted molar refractivity (Wildman–Crippen MR) is 75.1 cm³/mol. The lowest BCUT2D eigenvalue weighted by atomic mass is 9.86. The van der Waals surface area contributed by atoms with Crippen LogP contribution in [0.1, 0.15) is 58.3 Å². The van der Waals surface area contributed by atoms with Crippen molar-refractivity contribution >= 4 is 11.9 Å². The van der Waals surface area contributed by atoms with Crippen LogP contribution >= 0.6 is 0 Å². The summed E-state index contributed by atoms with van der Waals surface area (Å²) in [7, 11) is 0. The van der Waals surface area contributed by atoms with Gasteiger partial charge in [-0.2, -0.15) is 0 Å². The van der Waals surface area contributed by atoms with E-state index in [1.54, 1.807) is 0 Å². The van der Waals surface area contributed by atoms with Gasteiger partial charge in [-0.15, -0.1) is 0 Å². The first kappa shape index (κ1) is 13.9. The Morgan fingerprint density at radius 2 is 1.75 bits per heavy atom. The number of nitrogens with zero attached hydrogens (tertiary/aromatic N) is 1. The van der Waals surface area contributed by atoms with Crippen LogP contribution in [-0.2, 0) is 9.59 Å². The van der Waals surface area contributed by atoms with Crippen LogP contribution in [0.3, 0.4) is 0 Å². The third-order valence-corrected chi connectivity index (χ3v) is 5.73. The van der Waals surface area contributed by atoms with Gasteiger partial charge in [-0.1, -0.05) is 13.3 Å². The number of carboxylic acid groups (broad SMARTS) is 1. The Balaban J connectivity index is 1.67. The molecule has 2 saturated heterocycles. The zero-order chi connectivity index (χ0) is 14.3. The van der Waals surface area contributed by atoms with Crippen LogP contribution in [0, 0.1) is 17.8 Å². The van der Waals surface area contributed by atoms with E-state index >= 15 is 0 Å². The highest BCUT2D eigenvalue weighted by Crippen LogP contribution is 2.43. The monoisotopic (exact) mass is 279 g/mol. The van der Waals surface area contributed by atoms with E-state index in [0.717, 1.165) is 32.1 Å². The largest absolute Gasteiger partial charge is 0.481 e. The number of hydrogen-bond donors (Lipinski definition) is 1. The standard InChI is InChI=1S/C16H25NO3/c1-10-3-2-4-14(10)16(20)17-12-5-6-13(17)8-11(7-12)9-15(18)19/h10-14H,2-9H2,1H3,(H,18,19). The van der Waals surface area contributed by atoms with Gasteiger partial charge in [0.15, 0.2) is 0 Å². The maximum Gasteiger partial charge on any atom is 0.303 e. The first-order chi connectivity index (χ1) is 9.56. The smallest absolute Gasteiger partial charge is 0.303 e. The van der Waals surface area contributed by atoms with Gasteiger partial charge in [0.2, 0.25) is 5.91 Å². The number of carbonyl (C=O) groups is 2. The normalized spacial score (nSPS) is 40.0. The van der Waals surface area contributed by atoms with Crippen LogP contribution in [0.25, 0.3) is 0 Å². The quantitative estimate of drug-likeness (QED) is 0.864. The van der Waals surface area contributed by atoms with Crippen LogP contribution in [-0.4, -0.2) is 34.0 Å². The number of piperidine rings is 1. The number of carbonyl (C=O) groups excluding carboxylic acids is 1. The Labute approximate surface area is 120 Å². The Bertz CT molecular complexity index is 395. The summed E-state index contributed by atoms with van der Waals surface area (Å²) in [5, 5.41) is 8.96. The maximum absolute atomic E-state index is 12.8. The summed E-state index contributed by atoms with van der Waals surface area (Å²) in [6.45, 7) is 2.20. The van der Waals surface area contributed by atoms with Gasteiger partial charge in [-0.05, 0) is 50.4 Å². The van der Waals surface area contributed by atoms with Gasteiger partial charge in [0, 0.05) is 24.4 Å². The summed E-state index contributed by atoms with van der Waals surface area (Å²) < 4.78 is 0. The molecule has 0 aromatic heterocycles. The molecule has 4 unspecified atom stereocenters. The Morgan fingerprint density at radius 3 is 2.25 bits per heavy atom. The summed E-state index contributed by atoms with van der Waals surface area (Å²) in [6.07, 6.45) is 7.64. The van der Waals surface area contributed by atoms with E-state index in [2.05, 4.69) is 11.8 Å². The van der Waals surface area contributed by atoms with Crippen LogP contribution in [0.5, 0.6) is 0 Å². The van der Waals surface area contributed by atoms with Gasteiger partial charge in [-0.25, -0.2) is 0 Å². The SMILES string of the molecule is CC1CCCC1C(=O)N1C2CCC1CC(CC(=O)O)C2. The van der Waals surface area contributed by atoms with E-state index in [1.807, 2.05) is 0 Å². The predicted octanol–water partition coefficient (Wildman–Crippen LogP) is 2.67. The molecule has 3 rings (SSSR count). The minimum Gasteiger partial charge on any atom is -0.481 e. The molecule has 112 valence electrons. The van der Waals surface area contributed by atoms with Crippen molar-refractivity contribution in [1.29, 1.82) is 0 Å². The second-order valence-electron chi connectivity index (χ2n) is 7.08. The molecular formula is C16H25NO3. The molecule has 0 spiro atoms. The van der Waals surface area contributed by atoms with Crippen LogP contribution in [0.15, 0.2) is 0 Å². The van der Waals surface area contributed by atoms with Crippen LogP contribution in [0.4, 0.5) is 0 Å². The van der Waals surface area contributed by atoms with Gasteiger partial charge < -0.3 is 10.0 Å². The third-order valence-electron chi connectivity index (χ3n) is 5.73. The number of hydrogen-bond acceptors (Lipinski definition) is 2. The van der Waals surface area contributed by atoms with Crippen LogP contribution in [0.2, 0.25) is 0 Å². The molecule has 1 N–H and O–H groups in total. The lowest BCUT2D eigenvalue weighted by Crippen LogP contribution is -2.49. The fourth-order valence-corrected chi connectivity index (χ4v) is 4.77. The summed E-state index contributed by atoms with van der Waals surface area (Å²) in [6, 6.07) is 0.636. The Hall–Kier alpha value is -1.06. The van der Waals surface area contributed by atoms with Crippen molar-refractivity contribution in [3.05, 3.63) is 0 Å². The molecule has 2 heterocycles. The molecular weight excluding hydrogens is 254 g/mol.